The highest BCUT2D eigenvalue weighted by molar-refractivity contribution is 5.85. The Kier molecular flexibility index (Phi) is 7.85. The van der Waals surface area contributed by atoms with E-state index in [1.807, 2.05) is 0 Å². The molecule has 0 aromatic heterocycles. The molecule has 86 valence electrons. The molecular weight excluding hydrogens is 223 g/mol. The first-order valence-corrected chi connectivity index (χ1v) is 3.85. The number of hydrogen-bond acceptors (Lipinski definition) is 3. The number of nitrogens with two attached hydrogens (primary N) is 1. The van der Waals surface area contributed by atoms with E-state index in [1.54, 1.807) is 6.92 Å². The highest BCUT2D eigenvalue weighted by Crippen LogP contribution is 2.21. The van der Waals surface area contributed by atoms with Gasteiger partial charge in [-0.15, -0.1) is 12.4 Å². The molecule has 0 unspecified atom stereocenters. The number of halogens is 4. The van der Waals surface area contributed by atoms with Crippen LogP contribution in [0.5, 0.6) is 0 Å². The molecular formula is C7H13ClF3NO2. The molecule has 0 saturated carbocycles. The minimum absolute atomic E-state index is 0. The first-order chi connectivity index (χ1) is 5.87. The molecule has 0 rings (SSSR count). The molecule has 1 atom stereocenters. The third-order valence-electron chi connectivity index (χ3n) is 1.33. The monoisotopic (exact) mass is 235 g/mol. The van der Waals surface area contributed by atoms with Gasteiger partial charge in [0.2, 0.25) is 0 Å². The van der Waals surface area contributed by atoms with E-state index in [1.165, 1.54) is 0 Å². The van der Waals surface area contributed by atoms with Crippen molar-refractivity contribution in [3.05, 3.63) is 0 Å². The molecule has 7 heteroatoms. The predicted molar refractivity (Wildman–Crippen MR) is 47.1 cm³/mol. The summed E-state index contributed by atoms with van der Waals surface area (Å²) in [5.74, 6) is -0.785. The number of carbonyl (C=O) groups is 1. The average Bonchev–Trinajstić information content (AvgIpc) is 1.99. The minimum Gasteiger partial charge on any atom is -0.465 e. The number of ether oxygens (including phenoxy) is 1. The van der Waals surface area contributed by atoms with Crippen LogP contribution in [-0.2, 0) is 9.53 Å². The quantitative estimate of drug-likeness (QED) is 0.754. The van der Waals surface area contributed by atoms with Crippen molar-refractivity contribution in [1.29, 1.82) is 0 Å². The van der Waals surface area contributed by atoms with E-state index in [2.05, 4.69) is 4.74 Å². The molecule has 0 aliphatic heterocycles. The van der Waals surface area contributed by atoms with E-state index in [9.17, 15) is 18.0 Å². The van der Waals surface area contributed by atoms with E-state index in [0.717, 1.165) is 0 Å². The van der Waals surface area contributed by atoms with Crippen molar-refractivity contribution in [1.82, 2.24) is 0 Å². The van der Waals surface area contributed by atoms with Gasteiger partial charge in [-0.1, -0.05) is 0 Å². The number of rotatable bonds is 4. The van der Waals surface area contributed by atoms with Gasteiger partial charge in [0, 0.05) is 6.42 Å². The van der Waals surface area contributed by atoms with E-state index in [4.69, 9.17) is 5.73 Å². The zero-order valence-electron chi connectivity index (χ0n) is 7.63. The molecule has 0 radical (unpaired) electrons. The number of alkyl halides is 3. The van der Waals surface area contributed by atoms with Gasteiger partial charge in [-0.25, -0.2) is 0 Å². The van der Waals surface area contributed by atoms with E-state index >= 15 is 0 Å². The molecule has 0 heterocycles. The maximum Gasteiger partial charge on any atom is 0.389 e. The van der Waals surface area contributed by atoms with Gasteiger partial charge in [-0.05, 0) is 13.3 Å². The van der Waals surface area contributed by atoms with Gasteiger partial charge >= 0.3 is 12.1 Å². The molecule has 0 bridgehead atoms. The van der Waals surface area contributed by atoms with Crippen molar-refractivity contribution in [2.24, 2.45) is 5.73 Å². The Morgan fingerprint density at radius 2 is 2.00 bits per heavy atom. The highest BCUT2D eigenvalue weighted by atomic mass is 35.5. The van der Waals surface area contributed by atoms with Crippen molar-refractivity contribution in [2.75, 3.05) is 6.61 Å². The van der Waals surface area contributed by atoms with Crippen LogP contribution in [0.2, 0.25) is 0 Å². The van der Waals surface area contributed by atoms with Gasteiger partial charge in [-0.3, -0.25) is 4.79 Å². The van der Waals surface area contributed by atoms with Crippen LogP contribution in [0.25, 0.3) is 0 Å². The Balaban J connectivity index is 0. The minimum atomic E-state index is -4.27. The lowest BCUT2D eigenvalue weighted by Gasteiger charge is -2.11. The first kappa shape index (κ1) is 16.0. The average molecular weight is 236 g/mol. The van der Waals surface area contributed by atoms with Crippen LogP contribution in [0.1, 0.15) is 19.8 Å². The molecule has 14 heavy (non-hydrogen) atoms. The standard InChI is InChI=1S/C7H12F3NO2.ClH/c1-2-13-6(12)5(11)3-4-7(8,9)10;/h5H,2-4,11H2,1H3;1H/t5-;/m0./s1. The fourth-order valence-electron chi connectivity index (χ4n) is 0.686. The normalized spacial score (nSPS) is 12.9. The molecule has 0 amide bonds. The van der Waals surface area contributed by atoms with Crippen LogP contribution in [0, 0.1) is 0 Å². The van der Waals surface area contributed by atoms with E-state index in [0.29, 0.717) is 0 Å². The molecule has 2 N–H and O–H groups in total. The van der Waals surface area contributed by atoms with Crippen molar-refractivity contribution in [3.8, 4) is 0 Å². The second-order valence-corrected chi connectivity index (χ2v) is 2.51. The summed E-state index contributed by atoms with van der Waals surface area (Å²) in [7, 11) is 0. The molecule has 0 fully saturated rings. The zero-order chi connectivity index (χ0) is 10.5. The van der Waals surface area contributed by atoms with Crippen LogP contribution >= 0.6 is 12.4 Å². The summed E-state index contributed by atoms with van der Waals surface area (Å²) in [6, 6.07) is -1.18. The summed E-state index contributed by atoms with van der Waals surface area (Å²) in [4.78, 5) is 10.7. The summed E-state index contributed by atoms with van der Waals surface area (Å²) in [6.45, 7) is 1.69. The van der Waals surface area contributed by atoms with E-state index < -0.39 is 31.0 Å². The van der Waals surface area contributed by atoms with Crippen LogP contribution in [-0.4, -0.2) is 24.8 Å². The maximum atomic E-state index is 11.7. The lowest BCUT2D eigenvalue weighted by atomic mass is 10.2. The fourth-order valence-corrected chi connectivity index (χ4v) is 0.686. The Morgan fingerprint density at radius 3 is 2.36 bits per heavy atom. The molecule has 0 aliphatic carbocycles. The molecule has 0 aliphatic rings. The van der Waals surface area contributed by atoms with Crippen molar-refractivity contribution in [3.63, 3.8) is 0 Å². The molecule has 0 aromatic carbocycles. The summed E-state index contributed by atoms with van der Waals surface area (Å²) in [5.41, 5.74) is 5.14. The molecule has 0 spiro atoms. The van der Waals surface area contributed by atoms with Crippen LogP contribution in [0.4, 0.5) is 13.2 Å². The van der Waals surface area contributed by atoms with Crippen LogP contribution in [0.15, 0.2) is 0 Å². The van der Waals surface area contributed by atoms with Gasteiger partial charge < -0.3 is 10.5 Å². The second-order valence-electron chi connectivity index (χ2n) is 2.51. The molecule has 0 aromatic rings. The SMILES string of the molecule is CCOC(=O)[C@@H](N)CCC(F)(F)F.Cl. The predicted octanol–water partition coefficient (Wildman–Crippen LogP) is 1.64. The highest BCUT2D eigenvalue weighted by Gasteiger charge is 2.29. The topological polar surface area (TPSA) is 52.3 Å². The Bertz CT molecular complexity index is 175. The summed E-state index contributed by atoms with van der Waals surface area (Å²) in [6.07, 6.45) is -5.76. The van der Waals surface area contributed by atoms with Gasteiger partial charge in [-0.2, -0.15) is 13.2 Å². The third kappa shape index (κ3) is 8.12. The fraction of sp³-hybridized carbons (Fsp3) is 0.857. The van der Waals surface area contributed by atoms with Crippen molar-refractivity contribution in [2.45, 2.75) is 32.0 Å². The third-order valence-corrected chi connectivity index (χ3v) is 1.33. The van der Waals surface area contributed by atoms with Gasteiger partial charge in [0.1, 0.15) is 6.04 Å². The smallest absolute Gasteiger partial charge is 0.389 e. The number of esters is 1. The maximum absolute atomic E-state index is 11.7. The lowest BCUT2D eigenvalue weighted by molar-refractivity contribution is -0.149. The van der Waals surface area contributed by atoms with Gasteiger partial charge in [0.05, 0.1) is 6.61 Å². The van der Waals surface area contributed by atoms with E-state index in [-0.39, 0.29) is 19.0 Å². The largest absolute Gasteiger partial charge is 0.465 e. The Morgan fingerprint density at radius 1 is 1.50 bits per heavy atom. The van der Waals surface area contributed by atoms with Gasteiger partial charge in [0.25, 0.3) is 0 Å². The van der Waals surface area contributed by atoms with Crippen molar-refractivity contribution >= 4 is 18.4 Å². The second kappa shape index (κ2) is 6.89. The summed E-state index contributed by atoms with van der Waals surface area (Å²) < 4.78 is 39.4. The lowest BCUT2D eigenvalue weighted by Crippen LogP contribution is -2.33. The molecule has 3 nitrogen and oxygen atoms in total. The van der Waals surface area contributed by atoms with Crippen LogP contribution in [0.3, 0.4) is 0 Å². The summed E-state index contributed by atoms with van der Waals surface area (Å²) >= 11 is 0. The Hall–Kier alpha value is -0.490. The first-order valence-electron chi connectivity index (χ1n) is 3.85. The number of hydrogen-bond donors (Lipinski definition) is 1. The molecule has 0 saturated heterocycles. The Labute approximate surface area is 86.2 Å². The number of carbonyl (C=O) groups excluding carboxylic acids is 1. The van der Waals surface area contributed by atoms with Crippen LogP contribution < -0.4 is 5.73 Å². The summed E-state index contributed by atoms with van der Waals surface area (Å²) in [5, 5.41) is 0. The zero-order valence-corrected chi connectivity index (χ0v) is 8.45. The van der Waals surface area contributed by atoms with Gasteiger partial charge in [0.15, 0.2) is 0 Å². The van der Waals surface area contributed by atoms with Crippen molar-refractivity contribution < 1.29 is 22.7 Å².